The Bertz CT molecular complexity index is 431. The van der Waals surface area contributed by atoms with Gasteiger partial charge >= 0.3 is 0 Å². The minimum absolute atomic E-state index is 0.257. The molecule has 0 spiro atoms. The molecule has 5 nitrogen and oxygen atoms in total. The third-order valence-electron chi connectivity index (χ3n) is 2.12. The van der Waals surface area contributed by atoms with Crippen molar-refractivity contribution in [3.05, 3.63) is 24.3 Å². The van der Waals surface area contributed by atoms with Crippen LogP contribution in [0, 0.1) is 0 Å². The zero-order valence-electron chi connectivity index (χ0n) is 9.23. The second-order valence-corrected chi connectivity index (χ2v) is 5.19. The van der Waals surface area contributed by atoms with E-state index < -0.39 is 10.0 Å². The van der Waals surface area contributed by atoms with Gasteiger partial charge in [-0.1, -0.05) is 6.07 Å². The molecule has 0 amide bonds. The molecule has 6 heteroatoms. The molecule has 0 saturated heterocycles. The fourth-order valence-electron chi connectivity index (χ4n) is 1.23. The largest absolute Gasteiger partial charge is 0.385 e. The van der Waals surface area contributed by atoms with Gasteiger partial charge in [-0.2, -0.15) is 0 Å². The van der Waals surface area contributed by atoms with E-state index in [9.17, 15) is 8.42 Å². The lowest BCUT2D eigenvalue weighted by atomic mass is 10.3. The molecule has 1 aromatic rings. The van der Waals surface area contributed by atoms with Crippen molar-refractivity contribution in [2.75, 3.05) is 25.5 Å². The van der Waals surface area contributed by atoms with Crippen LogP contribution >= 0.6 is 0 Å². The first kappa shape index (κ1) is 13.0. The van der Waals surface area contributed by atoms with Crippen LogP contribution in [-0.4, -0.2) is 28.6 Å². The van der Waals surface area contributed by atoms with Crippen LogP contribution in [0.15, 0.2) is 29.2 Å². The second kappa shape index (κ2) is 5.83. The van der Waals surface area contributed by atoms with E-state index in [0.29, 0.717) is 6.54 Å². The Balaban J connectivity index is 2.79. The molecule has 1 aromatic carbocycles. The molecule has 0 saturated carbocycles. The second-order valence-electron chi connectivity index (χ2n) is 3.30. The van der Waals surface area contributed by atoms with E-state index in [2.05, 4.69) is 10.0 Å². The predicted molar refractivity (Wildman–Crippen MR) is 64.8 cm³/mol. The molecule has 1 rings (SSSR count). The number of hydrogen-bond donors (Lipinski definition) is 3. The first-order valence-corrected chi connectivity index (χ1v) is 6.56. The van der Waals surface area contributed by atoms with Gasteiger partial charge in [0.05, 0.1) is 4.90 Å². The molecule has 16 heavy (non-hydrogen) atoms. The number of sulfonamides is 1. The van der Waals surface area contributed by atoms with Crippen molar-refractivity contribution in [2.24, 2.45) is 5.73 Å². The monoisotopic (exact) mass is 243 g/mol. The molecular weight excluding hydrogens is 226 g/mol. The number of hydrogen-bond acceptors (Lipinski definition) is 4. The standard InChI is InChI=1S/C10H17N3O2S/c1-12-16(14,15)10-5-2-4-9(8-10)13-7-3-6-11/h2,4-5,8,12-13H,3,6-7,11H2,1H3. The van der Waals surface area contributed by atoms with Crippen LogP contribution < -0.4 is 15.8 Å². The lowest BCUT2D eigenvalue weighted by Crippen LogP contribution is -2.18. The Morgan fingerprint density at radius 2 is 2.12 bits per heavy atom. The molecule has 0 aromatic heterocycles. The molecule has 0 unspecified atom stereocenters. The van der Waals surface area contributed by atoms with Crippen LogP contribution in [0.3, 0.4) is 0 Å². The van der Waals surface area contributed by atoms with E-state index in [1.165, 1.54) is 7.05 Å². The Hall–Kier alpha value is -1.11. The molecule has 0 heterocycles. The third kappa shape index (κ3) is 3.48. The Morgan fingerprint density at radius 1 is 1.38 bits per heavy atom. The molecule has 0 aliphatic carbocycles. The van der Waals surface area contributed by atoms with Crippen molar-refractivity contribution < 1.29 is 8.42 Å². The summed E-state index contributed by atoms with van der Waals surface area (Å²) < 4.78 is 25.3. The minimum atomic E-state index is -3.37. The van der Waals surface area contributed by atoms with Crippen molar-refractivity contribution in [3.63, 3.8) is 0 Å². The Labute approximate surface area is 96.1 Å². The molecule has 0 aliphatic rings. The summed E-state index contributed by atoms with van der Waals surface area (Å²) in [6, 6.07) is 6.68. The zero-order valence-corrected chi connectivity index (χ0v) is 10.0. The fraction of sp³-hybridized carbons (Fsp3) is 0.400. The highest BCUT2D eigenvalue weighted by Gasteiger charge is 2.10. The van der Waals surface area contributed by atoms with Gasteiger partial charge in [-0.25, -0.2) is 13.1 Å². The third-order valence-corrected chi connectivity index (χ3v) is 3.54. The average molecular weight is 243 g/mol. The summed E-state index contributed by atoms with van der Waals surface area (Å²) in [6.07, 6.45) is 0.850. The van der Waals surface area contributed by atoms with Crippen LogP contribution in [-0.2, 0) is 10.0 Å². The van der Waals surface area contributed by atoms with Crippen LogP contribution in [0.2, 0.25) is 0 Å². The molecular formula is C10H17N3O2S. The quantitative estimate of drug-likeness (QED) is 0.630. The maximum absolute atomic E-state index is 11.5. The van der Waals surface area contributed by atoms with Gasteiger partial charge in [-0.3, -0.25) is 0 Å². The van der Waals surface area contributed by atoms with Gasteiger partial charge in [0.15, 0.2) is 0 Å². The molecule has 4 N–H and O–H groups in total. The van der Waals surface area contributed by atoms with Crippen molar-refractivity contribution >= 4 is 15.7 Å². The predicted octanol–water partition coefficient (Wildman–Crippen LogP) is 0.355. The van der Waals surface area contributed by atoms with Crippen molar-refractivity contribution in [1.29, 1.82) is 0 Å². The van der Waals surface area contributed by atoms with Crippen molar-refractivity contribution in [3.8, 4) is 0 Å². The van der Waals surface area contributed by atoms with Gasteiger partial charge in [0.2, 0.25) is 10.0 Å². The van der Waals surface area contributed by atoms with Crippen LogP contribution in [0.1, 0.15) is 6.42 Å². The summed E-state index contributed by atoms with van der Waals surface area (Å²) in [4.78, 5) is 0.257. The van der Waals surface area contributed by atoms with Gasteiger partial charge in [0.1, 0.15) is 0 Å². The highest BCUT2D eigenvalue weighted by atomic mass is 32.2. The summed E-state index contributed by atoms with van der Waals surface area (Å²) in [5.74, 6) is 0. The Morgan fingerprint density at radius 3 is 2.75 bits per heavy atom. The van der Waals surface area contributed by atoms with Gasteiger partial charge in [0, 0.05) is 12.2 Å². The lowest BCUT2D eigenvalue weighted by Gasteiger charge is -2.07. The maximum Gasteiger partial charge on any atom is 0.240 e. The first-order chi connectivity index (χ1) is 7.60. The zero-order chi connectivity index (χ0) is 12.0. The molecule has 0 bridgehead atoms. The average Bonchev–Trinajstić information content (AvgIpc) is 2.30. The molecule has 0 fully saturated rings. The molecule has 0 atom stereocenters. The van der Waals surface area contributed by atoms with E-state index in [0.717, 1.165) is 18.7 Å². The number of rotatable bonds is 6. The van der Waals surface area contributed by atoms with Crippen LogP contribution in [0.25, 0.3) is 0 Å². The van der Waals surface area contributed by atoms with Gasteiger partial charge in [-0.05, 0) is 38.2 Å². The van der Waals surface area contributed by atoms with E-state index in [1.54, 1.807) is 18.2 Å². The molecule has 0 radical (unpaired) electrons. The number of nitrogens with one attached hydrogen (secondary N) is 2. The van der Waals surface area contributed by atoms with Crippen LogP contribution in [0.5, 0.6) is 0 Å². The van der Waals surface area contributed by atoms with E-state index >= 15 is 0 Å². The van der Waals surface area contributed by atoms with E-state index in [4.69, 9.17) is 5.73 Å². The summed E-state index contributed by atoms with van der Waals surface area (Å²) >= 11 is 0. The van der Waals surface area contributed by atoms with Crippen molar-refractivity contribution in [1.82, 2.24) is 4.72 Å². The first-order valence-electron chi connectivity index (χ1n) is 5.07. The lowest BCUT2D eigenvalue weighted by molar-refractivity contribution is 0.588. The molecule has 90 valence electrons. The highest BCUT2D eigenvalue weighted by molar-refractivity contribution is 7.89. The Kier molecular flexibility index (Phi) is 4.72. The smallest absolute Gasteiger partial charge is 0.240 e. The van der Waals surface area contributed by atoms with Crippen LogP contribution in [0.4, 0.5) is 5.69 Å². The number of nitrogens with two attached hydrogens (primary N) is 1. The molecule has 0 aliphatic heterocycles. The number of benzene rings is 1. The van der Waals surface area contributed by atoms with E-state index in [1.807, 2.05) is 6.07 Å². The van der Waals surface area contributed by atoms with Gasteiger partial charge in [-0.15, -0.1) is 0 Å². The fourth-order valence-corrected chi connectivity index (χ4v) is 2.00. The van der Waals surface area contributed by atoms with E-state index in [-0.39, 0.29) is 4.90 Å². The van der Waals surface area contributed by atoms with Gasteiger partial charge in [0.25, 0.3) is 0 Å². The maximum atomic E-state index is 11.5. The number of anilines is 1. The minimum Gasteiger partial charge on any atom is -0.385 e. The highest BCUT2D eigenvalue weighted by Crippen LogP contribution is 2.14. The normalized spacial score (nSPS) is 11.4. The summed E-state index contributed by atoms with van der Waals surface area (Å²) in [5.41, 5.74) is 6.15. The summed E-state index contributed by atoms with van der Waals surface area (Å²) in [7, 11) is -1.97. The summed E-state index contributed by atoms with van der Waals surface area (Å²) in [6.45, 7) is 1.35. The summed E-state index contributed by atoms with van der Waals surface area (Å²) in [5, 5.41) is 3.11. The van der Waals surface area contributed by atoms with Crippen molar-refractivity contribution in [2.45, 2.75) is 11.3 Å². The topological polar surface area (TPSA) is 84.2 Å². The SMILES string of the molecule is CNS(=O)(=O)c1cccc(NCCCN)c1. The van der Waals surface area contributed by atoms with Gasteiger partial charge < -0.3 is 11.1 Å².